The van der Waals surface area contributed by atoms with E-state index in [1.807, 2.05) is 24.3 Å². The SMILES string of the molecule is S=C(NN=Cc1cccc(Cl)c1)NC1CCCCC1. The molecule has 0 spiro atoms. The van der Waals surface area contributed by atoms with Crippen molar-refractivity contribution in [2.75, 3.05) is 0 Å². The molecule has 1 fully saturated rings. The second-order valence-electron chi connectivity index (χ2n) is 4.73. The van der Waals surface area contributed by atoms with Crippen LogP contribution in [0.1, 0.15) is 37.7 Å². The third-order valence-corrected chi connectivity index (χ3v) is 3.61. The van der Waals surface area contributed by atoms with Crippen LogP contribution < -0.4 is 10.7 Å². The molecule has 2 N–H and O–H groups in total. The molecule has 5 heteroatoms. The number of nitrogens with zero attached hydrogens (tertiary/aromatic N) is 1. The van der Waals surface area contributed by atoms with Gasteiger partial charge >= 0.3 is 0 Å². The average Bonchev–Trinajstić information content (AvgIpc) is 2.40. The number of hydrogen-bond donors (Lipinski definition) is 2. The summed E-state index contributed by atoms with van der Waals surface area (Å²) in [6, 6.07) is 8.01. The second kappa shape index (κ2) is 7.46. The number of hydrogen-bond acceptors (Lipinski definition) is 2. The van der Waals surface area contributed by atoms with Gasteiger partial charge < -0.3 is 5.32 Å². The van der Waals surface area contributed by atoms with Crippen molar-refractivity contribution < 1.29 is 0 Å². The Labute approximate surface area is 124 Å². The monoisotopic (exact) mass is 295 g/mol. The molecule has 0 unspecified atom stereocenters. The van der Waals surface area contributed by atoms with E-state index >= 15 is 0 Å². The summed E-state index contributed by atoms with van der Waals surface area (Å²) in [7, 11) is 0. The van der Waals surface area contributed by atoms with Gasteiger partial charge in [-0.1, -0.05) is 43.0 Å². The summed E-state index contributed by atoms with van der Waals surface area (Å²) in [5.41, 5.74) is 3.79. The number of rotatable bonds is 3. The Morgan fingerprint density at radius 1 is 1.32 bits per heavy atom. The first kappa shape index (κ1) is 14.3. The van der Waals surface area contributed by atoms with Gasteiger partial charge in [0, 0.05) is 11.1 Å². The Balaban J connectivity index is 1.76. The molecule has 1 aromatic carbocycles. The second-order valence-corrected chi connectivity index (χ2v) is 5.58. The molecule has 0 atom stereocenters. The number of halogens is 1. The molecule has 0 aliphatic heterocycles. The van der Waals surface area contributed by atoms with Crippen LogP contribution in [0.25, 0.3) is 0 Å². The van der Waals surface area contributed by atoms with Crippen LogP contribution in [0.15, 0.2) is 29.4 Å². The van der Waals surface area contributed by atoms with E-state index in [4.69, 9.17) is 23.8 Å². The highest BCUT2D eigenvalue weighted by molar-refractivity contribution is 7.80. The van der Waals surface area contributed by atoms with E-state index in [0.717, 1.165) is 5.56 Å². The smallest absolute Gasteiger partial charge is 0.187 e. The molecule has 0 saturated heterocycles. The minimum atomic E-state index is 0.495. The maximum atomic E-state index is 5.89. The fourth-order valence-corrected chi connectivity index (χ4v) is 2.64. The molecular formula is C14H18ClN3S. The van der Waals surface area contributed by atoms with Gasteiger partial charge in [-0.15, -0.1) is 0 Å². The molecule has 102 valence electrons. The van der Waals surface area contributed by atoms with Gasteiger partial charge in [0.1, 0.15) is 0 Å². The molecule has 0 aromatic heterocycles. The van der Waals surface area contributed by atoms with Gasteiger partial charge in [0.2, 0.25) is 0 Å². The number of hydrazone groups is 1. The summed E-state index contributed by atoms with van der Waals surface area (Å²) in [5, 5.41) is 8.70. The van der Waals surface area contributed by atoms with Crippen molar-refractivity contribution >= 4 is 35.1 Å². The highest BCUT2D eigenvalue weighted by atomic mass is 35.5. The number of thiocarbonyl (C=S) groups is 1. The van der Waals surface area contributed by atoms with E-state index in [-0.39, 0.29) is 0 Å². The van der Waals surface area contributed by atoms with Gasteiger partial charge in [0.05, 0.1) is 6.21 Å². The third kappa shape index (κ3) is 5.17. The lowest BCUT2D eigenvalue weighted by Gasteiger charge is -2.23. The van der Waals surface area contributed by atoms with Crippen molar-refractivity contribution in [3.05, 3.63) is 34.9 Å². The molecule has 0 amide bonds. The first-order valence-corrected chi connectivity index (χ1v) is 7.38. The first-order valence-electron chi connectivity index (χ1n) is 6.59. The molecular weight excluding hydrogens is 278 g/mol. The van der Waals surface area contributed by atoms with E-state index in [9.17, 15) is 0 Å². The van der Waals surface area contributed by atoms with Crippen molar-refractivity contribution in [1.82, 2.24) is 10.7 Å². The minimum absolute atomic E-state index is 0.495. The zero-order valence-corrected chi connectivity index (χ0v) is 12.3. The summed E-state index contributed by atoms with van der Waals surface area (Å²) in [4.78, 5) is 0. The van der Waals surface area contributed by atoms with Crippen LogP contribution in [0, 0.1) is 0 Å². The molecule has 0 radical (unpaired) electrons. The fraction of sp³-hybridized carbons (Fsp3) is 0.429. The van der Waals surface area contributed by atoms with Crippen molar-refractivity contribution in [3.63, 3.8) is 0 Å². The first-order chi connectivity index (χ1) is 9.24. The molecule has 1 aromatic rings. The largest absolute Gasteiger partial charge is 0.359 e. The van der Waals surface area contributed by atoms with Gasteiger partial charge in [-0.3, -0.25) is 5.43 Å². The molecule has 19 heavy (non-hydrogen) atoms. The molecule has 3 nitrogen and oxygen atoms in total. The van der Waals surface area contributed by atoms with Crippen LogP contribution in [0.2, 0.25) is 5.02 Å². The summed E-state index contributed by atoms with van der Waals surface area (Å²) in [6.07, 6.45) is 8.00. The van der Waals surface area contributed by atoms with E-state index in [2.05, 4.69) is 15.8 Å². The van der Waals surface area contributed by atoms with E-state index in [0.29, 0.717) is 16.2 Å². The number of nitrogens with one attached hydrogen (secondary N) is 2. The van der Waals surface area contributed by atoms with Crippen LogP contribution in [-0.2, 0) is 0 Å². The van der Waals surface area contributed by atoms with E-state index in [1.165, 1.54) is 32.1 Å². The zero-order valence-electron chi connectivity index (χ0n) is 10.7. The van der Waals surface area contributed by atoms with Crippen LogP contribution in [0.3, 0.4) is 0 Å². The molecule has 1 saturated carbocycles. The molecule has 1 aliphatic rings. The summed E-state index contributed by atoms with van der Waals surface area (Å²) in [5.74, 6) is 0. The predicted octanol–water partition coefficient (Wildman–Crippen LogP) is 3.47. The lowest BCUT2D eigenvalue weighted by molar-refractivity contribution is 0.412. The Bertz CT molecular complexity index is 456. The van der Waals surface area contributed by atoms with E-state index in [1.54, 1.807) is 6.21 Å². The molecule has 2 rings (SSSR count). The average molecular weight is 296 g/mol. The van der Waals surface area contributed by atoms with Crippen LogP contribution in [0.5, 0.6) is 0 Å². The Morgan fingerprint density at radius 2 is 2.11 bits per heavy atom. The Morgan fingerprint density at radius 3 is 2.84 bits per heavy atom. The van der Waals surface area contributed by atoms with Crippen molar-refractivity contribution in [2.45, 2.75) is 38.1 Å². The standard InChI is InChI=1S/C14H18ClN3S/c15-12-6-4-5-11(9-12)10-16-18-14(19)17-13-7-2-1-3-8-13/h4-6,9-10,13H,1-3,7-8H2,(H2,17,18,19). The maximum absolute atomic E-state index is 5.89. The highest BCUT2D eigenvalue weighted by Crippen LogP contribution is 2.17. The van der Waals surface area contributed by atoms with Gasteiger partial charge in [0.15, 0.2) is 5.11 Å². The Hall–Kier alpha value is -1.13. The molecule has 1 aliphatic carbocycles. The lowest BCUT2D eigenvalue weighted by atomic mass is 9.96. The molecule has 0 bridgehead atoms. The van der Waals surface area contributed by atoms with Crippen molar-refractivity contribution in [3.8, 4) is 0 Å². The van der Waals surface area contributed by atoms with Crippen molar-refractivity contribution in [1.29, 1.82) is 0 Å². The zero-order chi connectivity index (χ0) is 13.5. The van der Waals surface area contributed by atoms with Crippen LogP contribution >= 0.6 is 23.8 Å². The Kier molecular flexibility index (Phi) is 5.61. The summed E-state index contributed by atoms with van der Waals surface area (Å²) >= 11 is 11.1. The lowest BCUT2D eigenvalue weighted by Crippen LogP contribution is -2.40. The van der Waals surface area contributed by atoms with Gasteiger partial charge in [-0.25, -0.2) is 0 Å². The highest BCUT2D eigenvalue weighted by Gasteiger charge is 2.13. The van der Waals surface area contributed by atoms with Crippen LogP contribution in [-0.4, -0.2) is 17.4 Å². The molecule has 0 heterocycles. The van der Waals surface area contributed by atoms with Gasteiger partial charge in [-0.2, -0.15) is 5.10 Å². The predicted molar refractivity (Wildman–Crippen MR) is 84.8 cm³/mol. The van der Waals surface area contributed by atoms with Crippen molar-refractivity contribution in [2.24, 2.45) is 5.10 Å². The summed E-state index contributed by atoms with van der Waals surface area (Å²) < 4.78 is 0. The number of benzene rings is 1. The summed E-state index contributed by atoms with van der Waals surface area (Å²) in [6.45, 7) is 0. The maximum Gasteiger partial charge on any atom is 0.187 e. The fourth-order valence-electron chi connectivity index (χ4n) is 2.22. The third-order valence-electron chi connectivity index (χ3n) is 3.17. The minimum Gasteiger partial charge on any atom is -0.359 e. The van der Waals surface area contributed by atoms with Gasteiger partial charge in [-0.05, 0) is 42.8 Å². The van der Waals surface area contributed by atoms with Crippen LogP contribution in [0.4, 0.5) is 0 Å². The van der Waals surface area contributed by atoms with E-state index < -0.39 is 0 Å². The normalized spacial score (nSPS) is 16.5. The van der Waals surface area contributed by atoms with Gasteiger partial charge in [0.25, 0.3) is 0 Å². The topological polar surface area (TPSA) is 36.4 Å². The quantitative estimate of drug-likeness (QED) is 0.509.